The van der Waals surface area contributed by atoms with Crippen molar-refractivity contribution in [2.24, 2.45) is 0 Å². The molecule has 0 aromatic heterocycles. The molecule has 190 valence electrons. The van der Waals surface area contributed by atoms with Crippen LogP contribution in [0.3, 0.4) is 0 Å². The summed E-state index contributed by atoms with van der Waals surface area (Å²) in [4.78, 5) is 40.1. The number of anilines is 1. The Labute approximate surface area is 213 Å². The lowest BCUT2D eigenvalue weighted by atomic mass is 10.00. The van der Waals surface area contributed by atoms with E-state index in [0.29, 0.717) is 28.1 Å². The van der Waals surface area contributed by atoms with Gasteiger partial charge in [-0.2, -0.15) is 0 Å². The highest BCUT2D eigenvalue weighted by Crippen LogP contribution is 2.35. The third-order valence-electron chi connectivity index (χ3n) is 6.39. The number of hydrogen-bond donors (Lipinski definition) is 2. The lowest BCUT2D eigenvalue weighted by Crippen LogP contribution is -2.46. The van der Waals surface area contributed by atoms with Crippen molar-refractivity contribution in [1.82, 2.24) is 10.2 Å². The van der Waals surface area contributed by atoms with Crippen molar-refractivity contribution >= 4 is 23.6 Å². The number of carbonyl (C=O) groups excluding carboxylic acids is 3. The van der Waals surface area contributed by atoms with Crippen molar-refractivity contribution in [2.75, 3.05) is 12.4 Å². The van der Waals surface area contributed by atoms with Gasteiger partial charge < -0.3 is 20.1 Å². The first kappa shape index (κ1) is 24.3. The maximum atomic E-state index is 13.4. The lowest BCUT2D eigenvalue weighted by molar-refractivity contribution is -0.126. The highest BCUT2D eigenvalue weighted by atomic mass is 19.1. The first-order valence-electron chi connectivity index (χ1n) is 12.0. The molecule has 8 nitrogen and oxygen atoms in total. The number of halogens is 1. The van der Waals surface area contributed by atoms with Gasteiger partial charge in [0.15, 0.2) is 12.1 Å². The predicted molar refractivity (Wildman–Crippen MR) is 134 cm³/mol. The number of amides is 3. The quantitative estimate of drug-likeness (QED) is 0.474. The molecule has 1 heterocycles. The Morgan fingerprint density at radius 2 is 1.73 bits per heavy atom. The van der Waals surface area contributed by atoms with Gasteiger partial charge in [-0.1, -0.05) is 36.4 Å². The van der Waals surface area contributed by atoms with Gasteiger partial charge in [-0.05, 0) is 60.4 Å². The zero-order valence-corrected chi connectivity index (χ0v) is 20.1. The molecular formula is C28H26FN3O5. The van der Waals surface area contributed by atoms with Gasteiger partial charge >= 0.3 is 6.09 Å². The molecule has 0 bridgehead atoms. The topological polar surface area (TPSA) is 97.0 Å². The Bertz CT molecular complexity index is 1310. The number of methoxy groups -OCH3 is 1. The van der Waals surface area contributed by atoms with Gasteiger partial charge in [0, 0.05) is 11.7 Å². The average molecular weight is 504 g/mol. The molecule has 9 heteroatoms. The molecule has 5 rings (SSSR count). The molecule has 3 aromatic carbocycles. The lowest BCUT2D eigenvalue weighted by Gasteiger charge is -2.24. The fourth-order valence-electron chi connectivity index (χ4n) is 4.30. The zero-order chi connectivity index (χ0) is 25.9. The van der Waals surface area contributed by atoms with E-state index in [1.165, 1.54) is 24.1 Å². The molecule has 2 atom stereocenters. The van der Waals surface area contributed by atoms with Crippen LogP contribution >= 0.6 is 0 Å². The summed E-state index contributed by atoms with van der Waals surface area (Å²) in [6, 6.07) is 18.7. The number of nitrogens with zero attached hydrogens (tertiary/aromatic N) is 1. The van der Waals surface area contributed by atoms with Crippen LogP contribution in [-0.2, 0) is 16.1 Å². The van der Waals surface area contributed by atoms with E-state index in [0.717, 1.165) is 12.8 Å². The maximum absolute atomic E-state index is 13.4. The molecule has 1 aliphatic carbocycles. The third kappa shape index (κ3) is 5.40. The van der Waals surface area contributed by atoms with Crippen molar-refractivity contribution in [1.29, 1.82) is 0 Å². The Hall–Kier alpha value is -4.40. The Kier molecular flexibility index (Phi) is 6.76. The van der Waals surface area contributed by atoms with Crippen LogP contribution in [0.2, 0.25) is 0 Å². The largest absolute Gasteiger partial charge is 0.496 e. The Morgan fingerprint density at radius 1 is 1.03 bits per heavy atom. The highest BCUT2D eigenvalue weighted by molar-refractivity contribution is 6.06. The molecule has 1 saturated heterocycles. The van der Waals surface area contributed by atoms with Crippen LogP contribution in [0.5, 0.6) is 5.75 Å². The van der Waals surface area contributed by atoms with E-state index in [-0.39, 0.29) is 30.2 Å². The summed E-state index contributed by atoms with van der Waals surface area (Å²) in [5.74, 6) is -0.551. The van der Waals surface area contributed by atoms with Crippen LogP contribution in [0.4, 0.5) is 14.9 Å². The second-order valence-corrected chi connectivity index (χ2v) is 9.06. The van der Waals surface area contributed by atoms with Gasteiger partial charge in [0.05, 0.1) is 19.2 Å². The molecule has 0 spiro atoms. The number of para-hydroxylation sites is 1. The number of benzene rings is 3. The molecule has 2 N–H and O–H groups in total. The van der Waals surface area contributed by atoms with Gasteiger partial charge in [0.25, 0.3) is 5.91 Å². The van der Waals surface area contributed by atoms with Crippen molar-refractivity contribution in [3.05, 3.63) is 95.3 Å². The summed E-state index contributed by atoms with van der Waals surface area (Å²) >= 11 is 0. The number of ether oxygens (including phenoxy) is 2. The molecule has 2 fully saturated rings. The van der Waals surface area contributed by atoms with E-state index >= 15 is 0 Å². The molecule has 1 saturated carbocycles. The fraction of sp³-hybridized carbons (Fsp3) is 0.250. The van der Waals surface area contributed by atoms with E-state index in [2.05, 4.69) is 10.6 Å². The Morgan fingerprint density at radius 3 is 2.41 bits per heavy atom. The monoisotopic (exact) mass is 503 g/mol. The standard InChI is InChI=1S/C28H26FN3O5/c1-36-23-5-3-2-4-22(23)26(33)30-20-12-8-18(9-13-20)25-24(27(34)31-21-14-15-21)32(28(35)37-25)16-17-6-10-19(29)11-7-17/h2-13,21,24-25H,14-16H2,1H3,(H,30,33)(H,31,34)/t24-,25-/m1/s1. The van der Waals surface area contributed by atoms with E-state index in [4.69, 9.17) is 9.47 Å². The third-order valence-corrected chi connectivity index (χ3v) is 6.39. The normalized spacial score (nSPS) is 18.8. The first-order chi connectivity index (χ1) is 17.9. The van der Waals surface area contributed by atoms with Crippen molar-refractivity contribution in [3.8, 4) is 5.75 Å². The van der Waals surface area contributed by atoms with Crippen molar-refractivity contribution in [2.45, 2.75) is 37.6 Å². The average Bonchev–Trinajstić information content (AvgIpc) is 3.67. The summed E-state index contributed by atoms with van der Waals surface area (Å²) in [6.07, 6.45) is 0.331. The second kappa shape index (κ2) is 10.3. The molecule has 3 aromatic rings. The number of rotatable bonds is 8. The minimum absolute atomic E-state index is 0.101. The van der Waals surface area contributed by atoms with E-state index < -0.39 is 18.2 Å². The minimum Gasteiger partial charge on any atom is -0.496 e. The highest BCUT2D eigenvalue weighted by Gasteiger charge is 2.47. The summed E-state index contributed by atoms with van der Waals surface area (Å²) < 4.78 is 24.3. The molecule has 1 aliphatic heterocycles. The van der Waals surface area contributed by atoms with Crippen LogP contribution < -0.4 is 15.4 Å². The summed E-state index contributed by atoms with van der Waals surface area (Å²) in [5, 5.41) is 5.79. The first-order valence-corrected chi connectivity index (χ1v) is 12.0. The Balaban J connectivity index is 1.35. The van der Waals surface area contributed by atoms with Crippen LogP contribution in [-0.4, -0.2) is 42.0 Å². The van der Waals surface area contributed by atoms with Crippen molar-refractivity contribution in [3.63, 3.8) is 0 Å². The van der Waals surface area contributed by atoms with Crippen LogP contribution in [0.15, 0.2) is 72.8 Å². The number of hydrogen-bond acceptors (Lipinski definition) is 5. The van der Waals surface area contributed by atoms with E-state index in [9.17, 15) is 18.8 Å². The van der Waals surface area contributed by atoms with E-state index in [1.54, 1.807) is 60.7 Å². The summed E-state index contributed by atoms with van der Waals surface area (Å²) in [5.41, 5.74) is 2.22. The molecule has 3 amide bonds. The molecule has 2 aliphatic rings. The number of carbonyl (C=O) groups is 3. The van der Waals surface area contributed by atoms with Crippen molar-refractivity contribution < 1.29 is 28.2 Å². The number of nitrogens with one attached hydrogen (secondary N) is 2. The molecular weight excluding hydrogens is 477 g/mol. The van der Waals surface area contributed by atoms with Gasteiger partial charge in [-0.15, -0.1) is 0 Å². The number of cyclic esters (lactones) is 1. The molecule has 37 heavy (non-hydrogen) atoms. The molecule has 0 radical (unpaired) electrons. The SMILES string of the molecule is COc1ccccc1C(=O)Nc1ccc([C@H]2OC(=O)N(Cc3ccc(F)cc3)[C@H]2C(=O)NC2CC2)cc1. The second-order valence-electron chi connectivity index (χ2n) is 9.06. The van der Waals surface area contributed by atoms with Gasteiger partial charge in [0.2, 0.25) is 5.91 Å². The van der Waals surface area contributed by atoms with Crippen LogP contribution in [0.1, 0.15) is 40.4 Å². The van der Waals surface area contributed by atoms with Crippen LogP contribution in [0.25, 0.3) is 0 Å². The van der Waals surface area contributed by atoms with Gasteiger partial charge in [-0.3, -0.25) is 14.5 Å². The summed E-state index contributed by atoms with van der Waals surface area (Å²) in [6.45, 7) is 0.103. The zero-order valence-electron chi connectivity index (χ0n) is 20.1. The molecule has 0 unspecified atom stereocenters. The minimum atomic E-state index is -0.896. The van der Waals surface area contributed by atoms with Crippen LogP contribution in [0, 0.1) is 5.82 Å². The fourth-order valence-corrected chi connectivity index (χ4v) is 4.30. The van der Waals surface area contributed by atoms with Gasteiger partial charge in [0.1, 0.15) is 11.6 Å². The smallest absolute Gasteiger partial charge is 0.411 e. The summed E-state index contributed by atoms with van der Waals surface area (Å²) in [7, 11) is 1.50. The van der Waals surface area contributed by atoms with Gasteiger partial charge in [-0.25, -0.2) is 9.18 Å². The van der Waals surface area contributed by atoms with E-state index in [1.807, 2.05) is 0 Å². The predicted octanol–water partition coefficient (Wildman–Crippen LogP) is 4.43. The maximum Gasteiger partial charge on any atom is 0.411 e.